The molecule has 1 saturated carbocycles. The van der Waals surface area contributed by atoms with E-state index in [1.54, 1.807) is 12.1 Å². The first-order valence-electron chi connectivity index (χ1n) is 7.52. The summed E-state index contributed by atoms with van der Waals surface area (Å²) in [4.78, 5) is 13.3. The van der Waals surface area contributed by atoms with Crippen LogP contribution in [0.2, 0.25) is 0 Å². The van der Waals surface area contributed by atoms with Crippen molar-refractivity contribution < 1.29 is 14.3 Å². The number of nitrogens with one attached hydrogen (secondary N) is 1. The van der Waals surface area contributed by atoms with E-state index in [1.165, 1.54) is 32.1 Å². The van der Waals surface area contributed by atoms with E-state index in [1.807, 2.05) is 0 Å². The quantitative estimate of drug-likeness (QED) is 0.834. The van der Waals surface area contributed by atoms with Gasteiger partial charge in [0, 0.05) is 18.6 Å². The summed E-state index contributed by atoms with van der Waals surface area (Å²) < 4.78 is 5.38. The Hall–Kier alpha value is -1.33. The number of piperidine rings is 1. The van der Waals surface area contributed by atoms with Gasteiger partial charge in [0.2, 0.25) is 5.76 Å². The molecule has 0 amide bonds. The van der Waals surface area contributed by atoms with Gasteiger partial charge < -0.3 is 14.8 Å². The molecule has 20 heavy (non-hydrogen) atoms. The second-order valence-electron chi connectivity index (χ2n) is 5.88. The van der Waals surface area contributed by atoms with Crippen LogP contribution in [0.15, 0.2) is 16.5 Å². The highest BCUT2D eigenvalue weighted by Crippen LogP contribution is 2.29. The molecule has 0 radical (unpaired) electrons. The highest BCUT2D eigenvalue weighted by Gasteiger charge is 2.31. The molecule has 1 aliphatic carbocycles. The molecule has 1 aliphatic heterocycles. The highest BCUT2D eigenvalue weighted by molar-refractivity contribution is 5.84. The van der Waals surface area contributed by atoms with Gasteiger partial charge >= 0.3 is 5.97 Å². The average molecular weight is 278 g/mol. The maximum Gasteiger partial charge on any atom is 0.371 e. The van der Waals surface area contributed by atoms with Crippen LogP contribution < -0.4 is 5.32 Å². The van der Waals surface area contributed by atoms with Crippen LogP contribution in [0.25, 0.3) is 0 Å². The van der Waals surface area contributed by atoms with Crippen LogP contribution in [0.4, 0.5) is 0 Å². The van der Waals surface area contributed by atoms with Crippen LogP contribution in [0, 0.1) is 0 Å². The van der Waals surface area contributed by atoms with Crippen molar-refractivity contribution in [3.05, 3.63) is 23.7 Å². The van der Waals surface area contributed by atoms with Crippen LogP contribution >= 0.6 is 0 Å². The summed E-state index contributed by atoms with van der Waals surface area (Å²) in [5.74, 6) is -0.209. The van der Waals surface area contributed by atoms with Crippen molar-refractivity contribution in [1.82, 2.24) is 10.2 Å². The topological polar surface area (TPSA) is 65.7 Å². The first kappa shape index (κ1) is 13.6. The number of hydrogen-bond acceptors (Lipinski definition) is 4. The molecule has 0 aromatic carbocycles. The number of carbonyl (C=O) groups is 1. The van der Waals surface area contributed by atoms with E-state index in [-0.39, 0.29) is 5.76 Å². The fourth-order valence-corrected chi connectivity index (χ4v) is 2.92. The fraction of sp³-hybridized carbons (Fsp3) is 0.667. The lowest BCUT2D eigenvalue weighted by atomic mass is 10.0. The first-order valence-corrected chi connectivity index (χ1v) is 7.52. The zero-order valence-electron chi connectivity index (χ0n) is 11.7. The van der Waals surface area contributed by atoms with Gasteiger partial charge in [-0.1, -0.05) is 6.42 Å². The van der Waals surface area contributed by atoms with E-state index in [2.05, 4.69) is 10.2 Å². The summed E-state index contributed by atoms with van der Waals surface area (Å²) in [6, 6.07) is 4.55. The second-order valence-corrected chi connectivity index (χ2v) is 5.88. The zero-order valence-corrected chi connectivity index (χ0v) is 11.7. The minimum Gasteiger partial charge on any atom is -0.475 e. The Morgan fingerprint density at radius 2 is 2.20 bits per heavy atom. The molecular weight excluding hydrogens is 256 g/mol. The zero-order chi connectivity index (χ0) is 13.9. The number of carboxylic acids is 1. The van der Waals surface area contributed by atoms with Gasteiger partial charge in [-0.15, -0.1) is 0 Å². The van der Waals surface area contributed by atoms with Crippen LogP contribution in [0.3, 0.4) is 0 Å². The molecule has 110 valence electrons. The number of hydrogen-bond donors (Lipinski definition) is 2. The molecule has 1 aromatic rings. The third-order valence-electron chi connectivity index (χ3n) is 4.16. The molecule has 1 aromatic heterocycles. The smallest absolute Gasteiger partial charge is 0.371 e. The number of carboxylic acid groups (broad SMARTS) is 1. The van der Waals surface area contributed by atoms with Crippen molar-refractivity contribution in [2.75, 3.05) is 13.1 Å². The maximum atomic E-state index is 10.8. The minimum absolute atomic E-state index is 0.0338. The maximum absolute atomic E-state index is 10.8. The Balaban J connectivity index is 1.59. The monoisotopic (exact) mass is 278 g/mol. The lowest BCUT2D eigenvalue weighted by molar-refractivity contribution is 0.0657. The largest absolute Gasteiger partial charge is 0.475 e. The predicted octanol–water partition coefficient (Wildman–Crippen LogP) is 2.08. The van der Waals surface area contributed by atoms with E-state index in [9.17, 15) is 4.79 Å². The van der Waals surface area contributed by atoms with E-state index in [0.29, 0.717) is 12.1 Å². The summed E-state index contributed by atoms with van der Waals surface area (Å²) in [5.41, 5.74) is 0. The van der Waals surface area contributed by atoms with Crippen molar-refractivity contribution in [1.29, 1.82) is 0 Å². The van der Waals surface area contributed by atoms with Gasteiger partial charge in [0.05, 0.1) is 6.54 Å². The number of aromatic carboxylic acids is 1. The van der Waals surface area contributed by atoms with Crippen molar-refractivity contribution >= 4 is 5.97 Å². The molecule has 1 atom stereocenters. The van der Waals surface area contributed by atoms with Crippen LogP contribution in [-0.2, 0) is 6.54 Å². The van der Waals surface area contributed by atoms with E-state index < -0.39 is 5.97 Å². The van der Waals surface area contributed by atoms with Crippen molar-refractivity contribution in [3.8, 4) is 0 Å². The Kier molecular flexibility index (Phi) is 4.08. The number of nitrogens with zero attached hydrogens (tertiary/aromatic N) is 1. The second kappa shape index (κ2) is 5.97. The summed E-state index contributed by atoms with van der Waals surface area (Å²) in [6.45, 7) is 2.87. The van der Waals surface area contributed by atoms with E-state index in [4.69, 9.17) is 9.52 Å². The van der Waals surface area contributed by atoms with Gasteiger partial charge in [-0.3, -0.25) is 4.90 Å². The third kappa shape index (κ3) is 3.41. The van der Waals surface area contributed by atoms with Crippen LogP contribution in [-0.4, -0.2) is 41.1 Å². The molecule has 2 aliphatic rings. The van der Waals surface area contributed by atoms with Gasteiger partial charge in [-0.25, -0.2) is 4.79 Å². The van der Waals surface area contributed by atoms with E-state index >= 15 is 0 Å². The Morgan fingerprint density at radius 1 is 1.35 bits per heavy atom. The van der Waals surface area contributed by atoms with Crippen molar-refractivity contribution in [2.24, 2.45) is 0 Å². The molecule has 5 heteroatoms. The van der Waals surface area contributed by atoms with Gasteiger partial charge in [-0.2, -0.15) is 0 Å². The molecule has 2 fully saturated rings. The van der Waals surface area contributed by atoms with Crippen molar-refractivity contribution in [3.63, 3.8) is 0 Å². The molecule has 2 heterocycles. The molecule has 0 spiro atoms. The average Bonchev–Trinajstić information content (AvgIpc) is 3.19. The highest BCUT2D eigenvalue weighted by atomic mass is 16.4. The molecular formula is C15H22N2O3. The summed E-state index contributed by atoms with van der Waals surface area (Å²) >= 11 is 0. The van der Waals surface area contributed by atoms with Gasteiger partial charge in [-0.05, 0) is 44.4 Å². The van der Waals surface area contributed by atoms with Gasteiger partial charge in [0.1, 0.15) is 5.76 Å². The molecule has 0 bridgehead atoms. The van der Waals surface area contributed by atoms with Crippen molar-refractivity contribution in [2.45, 2.75) is 50.7 Å². The standard InChI is InChI=1S/C15H22N2O3/c18-15(19)14-7-6-13(20-14)10-17(12-4-5-12)9-11-3-1-2-8-16-11/h6-7,11-12,16H,1-5,8-10H2,(H,18,19). The Morgan fingerprint density at radius 3 is 2.80 bits per heavy atom. The SMILES string of the molecule is O=C(O)c1ccc(CN(CC2CCCCN2)C2CC2)o1. The molecule has 5 nitrogen and oxygen atoms in total. The fourth-order valence-electron chi connectivity index (χ4n) is 2.92. The Labute approximate surface area is 118 Å². The summed E-state index contributed by atoms with van der Waals surface area (Å²) in [6.07, 6.45) is 6.32. The van der Waals surface area contributed by atoms with Crippen LogP contribution in [0.1, 0.15) is 48.4 Å². The lowest BCUT2D eigenvalue weighted by Gasteiger charge is -2.30. The summed E-state index contributed by atoms with van der Waals surface area (Å²) in [5, 5.41) is 12.5. The van der Waals surface area contributed by atoms with Crippen LogP contribution in [0.5, 0.6) is 0 Å². The Bertz CT molecular complexity index is 461. The van der Waals surface area contributed by atoms with E-state index in [0.717, 1.165) is 25.4 Å². The van der Waals surface area contributed by atoms with Gasteiger partial charge in [0.25, 0.3) is 0 Å². The van der Waals surface area contributed by atoms with Gasteiger partial charge in [0.15, 0.2) is 0 Å². The number of rotatable bonds is 6. The first-order chi connectivity index (χ1) is 9.72. The predicted molar refractivity (Wildman–Crippen MR) is 74.7 cm³/mol. The normalized spacial score (nSPS) is 23.1. The third-order valence-corrected chi connectivity index (χ3v) is 4.16. The summed E-state index contributed by atoms with van der Waals surface area (Å²) in [7, 11) is 0. The minimum atomic E-state index is -0.997. The molecule has 2 N–H and O–H groups in total. The molecule has 1 saturated heterocycles. The lowest BCUT2D eigenvalue weighted by Crippen LogP contribution is -2.44. The molecule has 3 rings (SSSR count). The number of furan rings is 1. The molecule has 1 unspecified atom stereocenters.